The molecule has 4 nitrogen and oxygen atoms in total. The number of imide groups is 1. The van der Waals surface area contributed by atoms with Gasteiger partial charge < -0.3 is 5.32 Å². The van der Waals surface area contributed by atoms with Crippen LogP contribution in [0, 0.1) is 5.41 Å². The van der Waals surface area contributed by atoms with Gasteiger partial charge in [-0.2, -0.15) is 0 Å². The Labute approximate surface area is 102 Å². The van der Waals surface area contributed by atoms with E-state index in [2.05, 4.69) is 12.2 Å². The summed E-state index contributed by atoms with van der Waals surface area (Å²) < 4.78 is 0. The molecule has 0 radical (unpaired) electrons. The van der Waals surface area contributed by atoms with Crippen molar-refractivity contribution >= 4 is 11.9 Å². The summed E-state index contributed by atoms with van der Waals surface area (Å²) in [5.41, 5.74) is 0.155. The molecule has 1 saturated heterocycles. The molecule has 1 aliphatic carbocycles. The van der Waals surface area contributed by atoms with E-state index in [1.54, 1.807) is 0 Å². The Morgan fingerprint density at radius 3 is 2.71 bits per heavy atom. The monoisotopic (exact) mass is 236 g/mol. The summed E-state index contributed by atoms with van der Waals surface area (Å²) in [5.74, 6) is -0.0683. The van der Waals surface area contributed by atoms with E-state index in [1.165, 1.54) is 11.3 Å². The van der Waals surface area contributed by atoms with Gasteiger partial charge in [0.2, 0.25) is 0 Å². The van der Waals surface area contributed by atoms with E-state index < -0.39 is 0 Å². The van der Waals surface area contributed by atoms with Gasteiger partial charge in [-0.25, -0.2) is 4.79 Å². The average Bonchev–Trinajstić information content (AvgIpc) is 2.51. The lowest BCUT2D eigenvalue weighted by Crippen LogP contribution is -2.43. The summed E-state index contributed by atoms with van der Waals surface area (Å²) in [6, 6.07) is -0.583. The van der Waals surface area contributed by atoms with Crippen molar-refractivity contribution in [1.82, 2.24) is 10.2 Å². The molecule has 0 aromatic rings. The summed E-state index contributed by atoms with van der Waals surface area (Å²) in [4.78, 5) is 25.2. The second-order valence-electron chi connectivity index (χ2n) is 5.40. The molecule has 2 aliphatic rings. The first-order valence-electron chi connectivity index (χ1n) is 6.29. The molecule has 1 N–H and O–H groups in total. The van der Waals surface area contributed by atoms with E-state index in [9.17, 15) is 9.59 Å². The SMILES string of the molecule is C/C=C/CC1NC(=O)N(CC2(C)CCC2)C1=O. The summed E-state index contributed by atoms with van der Waals surface area (Å²) in [6.45, 7) is 4.63. The zero-order valence-electron chi connectivity index (χ0n) is 10.5. The van der Waals surface area contributed by atoms with Crippen LogP contribution < -0.4 is 5.32 Å². The summed E-state index contributed by atoms with van der Waals surface area (Å²) in [5, 5.41) is 2.75. The van der Waals surface area contributed by atoms with Crippen LogP contribution in [-0.2, 0) is 4.79 Å². The number of amides is 3. The predicted molar refractivity (Wildman–Crippen MR) is 65.4 cm³/mol. The Morgan fingerprint density at radius 1 is 1.47 bits per heavy atom. The average molecular weight is 236 g/mol. The number of nitrogens with zero attached hydrogens (tertiary/aromatic N) is 1. The Balaban J connectivity index is 1.98. The van der Waals surface area contributed by atoms with Crippen LogP contribution in [0.25, 0.3) is 0 Å². The molecule has 0 spiro atoms. The number of hydrogen-bond acceptors (Lipinski definition) is 2. The third-order valence-corrected chi connectivity index (χ3v) is 3.81. The highest BCUT2D eigenvalue weighted by Gasteiger charge is 2.43. The zero-order chi connectivity index (χ0) is 12.5. The largest absolute Gasteiger partial charge is 0.325 e. The van der Waals surface area contributed by atoms with Gasteiger partial charge in [0.1, 0.15) is 6.04 Å². The van der Waals surface area contributed by atoms with E-state index in [0.29, 0.717) is 13.0 Å². The molecule has 3 amide bonds. The molecule has 2 rings (SSSR count). The number of hydrogen-bond donors (Lipinski definition) is 1. The number of urea groups is 1. The van der Waals surface area contributed by atoms with Gasteiger partial charge in [-0.1, -0.05) is 25.5 Å². The van der Waals surface area contributed by atoms with Crippen LogP contribution in [0.2, 0.25) is 0 Å². The molecule has 17 heavy (non-hydrogen) atoms. The number of nitrogens with one attached hydrogen (secondary N) is 1. The minimum atomic E-state index is -0.359. The number of allylic oxidation sites excluding steroid dienone is 1. The highest BCUT2D eigenvalue weighted by Crippen LogP contribution is 2.41. The molecule has 0 aromatic heterocycles. The second-order valence-corrected chi connectivity index (χ2v) is 5.40. The van der Waals surface area contributed by atoms with Gasteiger partial charge in [-0.05, 0) is 31.6 Å². The van der Waals surface area contributed by atoms with Crippen molar-refractivity contribution in [2.45, 2.75) is 45.6 Å². The first-order chi connectivity index (χ1) is 8.06. The minimum absolute atomic E-state index is 0.0683. The molecular weight excluding hydrogens is 216 g/mol. The number of rotatable bonds is 4. The number of carbonyl (C=O) groups is 2. The summed E-state index contributed by atoms with van der Waals surface area (Å²) in [6.07, 6.45) is 7.84. The molecule has 1 saturated carbocycles. The van der Waals surface area contributed by atoms with E-state index in [-0.39, 0.29) is 23.4 Å². The minimum Gasteiger partial charge on any atom is -0.325 e. The first kappa shape index (κ1) is 12.1. The van der Waals surface area contributed by atoms with Crippen molar-refractivity contribution in [2.75, 3.05) is 6.54 Å². The van der Waals surface area contributed by atoms with Gasteiger partial charge in [0.05, 0.1) is 0 Å². The number of carbonyl (C=O) groups excluding carboxylic acids is 2. The van der Waals surface area contributed by atoms with E-state index in [0.717, 1.165) is 12.8 Å². The quantitative estimate of drug-likeness (QED) is 0.600. The fraction of sp³-hybridized carbons (Fsp3) is 0.692. The van der Waals surface area contributed by atoms with Crippen molar-refractivity contribution in [3.63, 3.8) is 0 Å². The fourth-order valence-electron chi connectivity index (χ4n) is 2.48. The standard InChI is InChI=1S/C13H20N2O2/c1-3-4-6-10-11(16)15(12(17)14-10)9-13(2)7-5-8-13/h3-4,10H,5-9H2,1-2H3,(H,14,17)/b4-3+. The smallest absolute Gasteiger partial charge is 0.324 e. The van der Waals surface area contributed by atoms with E-state index in [1.807, 2.05) is 19.1 Å². The molecule has 0 aromatic carbocycles. The molecule has 1 heterocycles. The van der Waals surface area contributed by atoms with Gasteiger partial charge in [0.15, 0.2) is 0 Å². The fourth-order valence-corrected chi connectivity index (χ4v) is 2.48. The van der Waals surface area contributed by atoms with Crippen LogP contribution in [0.4, 0.5) is 4.79 Å². The van der Waals surface area contributed by atoms with Crippen LogP contribution in [0.3, 0.4) is 0 Å². The molecule has 1 aliphatic heterocycles. The van der Waals surface area contributed by atoms with Gasteiger partial charge in [0.25, 0.3) is 5.91 Å². The topological polar surface area (TPSA) is 49.4 Å². The van der Waals surface area contributed by atoms with Crippen molar-refractivity contribution < 1.29 is 9.59 Å². The third kappa shape index (κ3) is 2.35. The van der Waals surface area contributed by atoms with E-state index >= 15 is 0 Å². The normalized spacial score (nSPS) is 27.4. The molecule has 1 unspecified atom stereocenters. The Bertz CT molecular complexity index is 358. The van der Waals surface area contributed by atoms with Gasteiger partial charge >= 0.3 is 6.03 Å². The van der Waals surface area contributed by atoms with Crippen LogP contribution in [0.1, 0.15) is 39.5 Å². The van der Waals surface area contributed by atoms with Crippen LogP contribution in [-0.4, -0.2) is 29.4 Å². The van der Waals surface area contributed by atoms with Crippen LogP contribution in [0.15, 0.2) is 12.2 Å². The van der Waals surface area contributed by atoms with Crippen molar-refractivity contribution in [2.24, 2.45) is 5.41 Å². The van der Waals surface area contributed by atoms with Gasteiger partial charge in [-0.3, -0.25) is 9.69 Å². The van der Waals surface area contributed by atoms with Gasteiger partial charge in [0, 0.05) is 6.54 Å². The maximum atomic E-state index is 12.0. The van der Waals surface area contributed by atoms with Crippen molar-refractivity contribution in [3.8, 4) is 0 Å². The molecular formula is C13H20N2O2. The zero-order valence-corrected chi connectivity index (χ0v) is 10.5. The molecule has 4 heteroatoms. The maximum absolute atomic E-state index is 12.0. The Kier molecular flexibility index (Phi) is 3.22. The first-order valence-corrected chi connectivity index (χ1v) is 6.29. The third-order valence-electron chi connectivity index (χ3n) is 3.81. The lowest BCUT2D eigenvalue weighted by molar-refractivity contribution is -0.129. The molecule has 2 fully saturated rings. The molecule has 94 valence electrons. The lowest BCUT2D eigenvalue weighted by Gasteiger charge is -2.40. The highest BCUT2D eigenvalue weighted by atomic mass is 16.2. The Hall–Kier alpha value is -1.32. The maximum Gasteiger partial charge on any atom is 0.324 e. The van der Waals surface area contributed by atoms with Gasteiger partial charge in [-0.15, -0.1) is 0 Å². The second kappa shape index (κ2) is 4.51. The van der Waals surface area contributed by atoms with Crippen LogP contribution in [0.5, 0.6) is 0 Å². The summed E-state index contributed by atoms with van der Waals surface area (Å²) in [7, 11) is 0. The Morgan fingerprint density at radius 2 is 2.18 bits per heavy atom. The summed E-state index contributed by atoms with van der Waals surface area (Å²) >= 11 is 0. The predicted octanol–water partition coefficient (Wildman–Crippen LogP) is 2.06. The van der Waals surface area contributed by atoms with E-state index in [4.69, 9.17) is 0 Å². The highest BCUT2D eigenvalue weighted by molar-refractivity contribution is 6.04. The molecule has 0 bridgehead atoms. The molecule has 1 atom stereocenters. The van der Waals surface area contributed by atoms with Crippen molar-refractivity contribution in [1.29, 1.82) is 0 Å². The lowest BCUT2D eigenvalue weighted by atomic mass is 9.70. The van der Waals surface area contributed by atoms with Crippen molar-refractivity contribution in [3.05, 3.63) is 12.2 Å². The van der Waals surface area contributed by atoms with Crippen LogP contribution >= 0.6 is 0 Å².